The van der Waals surface area contributed by atoms with Gasteiger partial charge in [0.05, 0.1) is 4.90 Å². The normalized spacial score (nSPS) is 12.1. The number of hydrogen-bond acceptors (Lipinski definition) is 4. The van der Waals surface area contributed by atoms with Crippen molar-refractivity contribution < 1.29 is 8.42 Å². The Balaban J connectivity index is 2.40. The molecule has 6 heteroatoms. The average Bonchev–Trinajstić information content (AvgIpc) is 2.50. The van der Waals surface area contributed by atoms with Crippen LogP contribution in [0.5, 0.6) is 0 Å². The van der Waals surface area contributed by atoms with Crippen LogP contribution in [0.4, 0.5) is 0 Å². The van der Waals surface area contributed by atoms with E-state index in [0.29, 0.717) is 24.5 Å². The van der Waals surface area contributed by atoms with Gasteiger partial charge in [-0.2, -0.15) is 4.31 Å². The minimum Gasteiger partial charge on any atom is -0.316 e. The van der Waals surface area contributed by atoms with Gasteiger partial charge in [-0.1, -0.05) is 26.0 Å². The molecule has 21 heavy (non-hydrogen) atoms. The van der Waals surface area contributed by atoms with Gasteiger partial charge in [0.15, 0.2) is 0 Å². The van der Waals surface area contributed by atoms with E-state index in [4.69, 9.17) is 0 Å². The van der Waals surface area contributed by atoms with E-state index < -0.39 is 10.0 Å². The van der Waals surface area contributed by atoms with Crippen molar-refractivity contribution in [3.05, 3.63) is 36.7 Å². The highest BCUT2D eigenvalue weighted by molar-refractivity contribution is 7.89. The lowest BCUT2D eigenvalue weighted by atomic mass is 10.2. The van der Waals surface area contributed by atoms with E-state index in [2.05, 4.69) is 10.3 Å². The number of nitrogens with one attached hydrogen (secondary N) is 1. The third kappa shape index (κ3) is 3.40. The Morgan fingerprint density at radius 2 is 2.05 bits per heavy atom. The molecule has 0 atom stereocenters. The van der Waals surface area contributed by atoms with Crippen LogP contribution in [0, 0.1) is 0 Å². The van der Waals surface area contributed by atoms with E-state index in [1.165, 1.54) is 4.31 Å². The summed E-state index contributed by atoms with van der Waals surface area (Å²) < 4.78 is 27.2. The van der Waals surface area contributed by atoms with Gasteiger partial charge in [-0.05, 0) is 18.7 Å². The monoisotopic (exact) mass is 307 g/mol. The molecule has 1 N–H and O–H groups in total. The fraction of sp³-hybridized carbons (Fsp3) is 0.400. The summed E-state index contributed by atoms with van der Waals surface area (Å²) in [5.41, 5.74) is 0. The molecule has 0 saturated carbocycles. The lowest BCUT2D eigenvalue weighted by Gasteiger charge is -2.21. The standard InChI is InChI=1S/C15H21N3O2S/c1-3-16-10-11-18(4-2)21(19,20)15-7-5-6-13-12-17-9-8-14(13)15/h5-9,12,16H,3-4,10-11H2,1-2H3. The number of aromatic nitrogens is 1. The molecule has 0 amide bonds. The fourth-order valence-corrected chi connectivity index (χ4v) is 3.95. The molecule has 2 rings (SSSR count). The molecule has 2 aromatic rings. The Bertz CT molecular complexity index is 696. The largest absolute Gasteiger partial charge is 0.316 e. The summed E-state index contributed by atoms with van der Waals surface area (Å²) in [6.45, 7) is 6.26. The van der Waals surface area contributed by atoms with Crippen molar-refractivity contribution in [1.82, 2.24) is 14.6 Å². The molecule has 0 saturated heterocycles. The van der Waals surface area contributed by atoms with Crippen LogP contribution < -0.4 is 5.32 Å². The van der Waals surface area contributed by atoms with Crippen LogP contribution in [0.25, 0.3) is 10.8 Å². The molecular formula is C15H21N3O2S. The molecule has 0 aliphatic carbocycles. The van der Waals surface area contributed by atoms with Crippen molar-refractivity contribution in [2.45, 2.75) is 18.7 Å². The number of hydrogen-bond donors (Lipinski definition) is 1. The maximum absolute atomic E-state index is 12.8. The Hall–Kier alpha value is -1.50. The van der Waals surface area contributed by atoms with Crippen LogP contribution in [0.3, 0.4) is 0 Å². The van der Waals surface area contributed by atoms with Crippen molar-refractivity contribution in [3.63, 3.8) is 0 Å². The highest BCUT2D eigenvalue weighted by Gasteiger charge is 2.24. The highest BCUT2D eigenvalue weighted by Crippen LogP contribution is 2.24. The number of nitrogens with zero attached hydrogens (tertiary/aromatic N) is 2. The summed E-state index contributed by atoms with van der Waals surface area (Å²) in [5, 5.41) is 4.71. The molecule has 0 fully saturated rings. The quantitative estimate of drug-likeness (QED) is 0.793. The molecule has 0 aliphatic heterocycles. The summed E-state index contributed by atoms with van der Waals surface area (Å²) in [4.78, 5) is 4.39. The van der Waals surface area contributed by atoms with Crippen LogP contribution in [0.15, 0.2) is 41.6 Å². The Kier molecular flexibility index (Phi) is 5.27. The van der Waals surface area contributed by atoms with Crippen molar-refractivity contribution >= 4 is 20.8 Å². The number of sulfonamides is 1. The third-order valence-corrected chi connectivity index (χ3v) is 5.43. The summed E-state index contributed by atoms with van der Waals surface area (Å²) in [6, 6.07) is 7.04. The molecule has 0 spiro atoms. The molecular weight excluding hydrogens is 286 g/mol. The van der Waals surface area contributed by atoms with Gasteiger partial charge in [0.2, 0.25) is 10.0 Å². The third-order valence-electron chi connectivity index (χ3n) is 3.40. The van der Waals surface area contributed by atoms with E-state index in [9.17, 15) is 8.42 Å². The van der Waals surface area contributed by atoms with Gasteiger partial charge < -0.3 is 5.32 Å². The maximum atomic E-state index is 12.8. The number of pyridine rings is 1. The Labute approximate surface area is 126 Å². The predicted octanol–water partition coefficient (Wildman–Crippen LogP) is 1.85. The molecule has 0 unspecified atom stereocenters. The fourth-order valence-electron chi connectivity index (χ4n) is 2.29. The van der Waals surface area contributed by atoms with Crippen LogP contribution in [0.2, 0.25) is 0 Å². The van der Waals surface area contributed by atoms with Gasteiger partial charge in [-0.25, -0.2) is 8.42 Å². The zero-order chi connectivity index (χ0) is 15.3. The number of benzene rings is 1. The number of likely N-dealkylation sites (N-methyl/N-ethyl adjacent to an activating group) is 2. The van der Waals surface area contributed by atoms with Gasteiger partial charge in [-0.15, -0.1) is 0 Å². The van der Waals surface area contributed by atoms with Gasteiger partial charge in [-0.3, -0.25) is 4.98 Å². The first-order chi connectivity index (χ1) is 10.1. The molecule has 0 bridgehead atoms. The van der Waals surface area contributed by atoms with Crippen molar-refractivity contribution in [1.29, 1.82) is 0 Å². The molecule has 1 aromatic carbocycles. The lowest BCUT2D eigenvalue weighted by molar-refractivity contribution is 0.422. The first-order valence-electron chi connectivity index (χ1n) is 7.14. The summed E-state index contributed by atoms with van der Waals surface area (Å²) in [5.74, 6) is 0. The first-order valence-corrected chi connectivity index (χ1v) is 8.58. The van der Waals surface area contributed by atoms with Crippen LogP contribution >= 0.6 is 0 Å². The SMILES string of the molecule is CCNCCN(CC)S(=O)(=O)c1cccc2cnccc12. The van der Waals surface area contributed by atoms with Crippen LogP contribution in [0.1, 0.15) is 13.8 Å². The first kappa shape index (κ1) is 15.9. The molecule has 1 aromatic heterocycles. The second-order valence-electron chi connectivity index (χ2n) is 4.70. The van der Waals surface area contributed by atoms with E-state index in [-0.39, 0.29) is 0 Å². The second kappa shape index (κ2) is 6.98. The van der Waals surface area contributed by atoms with Crippen LogP contribution in [-0.2, 0) is 10.0 Å². The molecule has 0 radical (unpaired) electrons. The average molecular weight is 307 g/mol. The smallest absolute Gasteiger partial charge is 0.243 e. The van der Waals surface area contributed by atoms with E-state index in [0.717, 1.165) is 17.3 Å². The van der Waals surface area contributed by atoms with Gasteiger partial charge in [0.1, 0.15) is 0 Å². The van der Waals surface area contributed by atoms with Gasteiger partial charge in [0.25, 0.3) is 0 Å². The maximum Gasteiger partial charge on any atom is 0.243 e. The highest BCUT2D eigenvalue weighted by atomic mass is 32.2. The Morgan fingerprint density at radius 1 is 1.24 bits per heavy atom. The second-order valence-corrected chi connectivity index (χ2v) is 6.61. The van der Waals surface area contributed by atoms with E-state index in [1.54, 1.807) is 30.6 Å². The molecule has 114 valence electrons. The number of rotatable bonds is 7. The summed E-state index contributed by atoms with van der Waals surface area (Å²) >= 11 is 0. The zero-order valence-electron chi connectivity index (χ0n) is 12.4. The van der Waals surface area contributed by atoms with Gasteiger partial charge in [0, 0.05) is 42.8 Å². The Morgan fingerprint density at radius 3 is 2.76 bits per heavy atom. The van der Waals surface area contributed by atoms with E-state index in [1.807, 2.05) is 19.9 Å². The van der Waals surface area contributed by atoms with E-state index >= 15 is 0 Å². The minimum absolute atomic E-state index is 0.348. The van der Waals surface area contributed by atoms with Crippen LogP contribution in [-0.4, -0.2) is 43.9 Å². The van der Waals surface area contributed by atoms with Crippen molar-refractivity contribution in [2.75, 3.05) is 26.2 Å². The topological polar surface area (TPSA) is 62.3 Å². The predicted molar refractivity (Wildman–Crippen MR) is 84.7 cm³/mol. The van der Waals surface area contributed by atoms with Gasteiger partial charge >= 0.3 is 0 Å². The molecule has 5 nitrogen and oxygen atoms in total. The van der Waals surface area contributed by atoms with Crippen molar-refractivity contribution in [3.8, 4) is 0 Å². The molecule has 0 aliphatic rings. The summed E-state index contributed by atoms with van der Waals surface area (Å²) in [7, 11) is -3.49. The van der Waals surface area contributed by atoms with Crippen molar-refractivity contribution in [2.24, 2.45) is 0 Å². The summed E-state index contributed by atoms with van der Waals surface area (Å²) in [6.07, 6.45) is 3.31. The molecule has 1 heterocycles. The zero-order valence-corrected chi connectivity index (χ0v) is 13.2. The number of fused-ring (bicyclic) bond motifs is 1. The minimum atomic E-state index is -3.49. The lowest BCUT2D eigenvalue weighted by Crippen LogP contribution is -2.36.